The Morgan fingerprint density at radius 3 is 1.30 bits per heavy atom. The molecule has 0 N–H and O–H groups in total. The molecule has 328 valence electrons. The quantitative estimate of drug-likeness (QED) is 0.0443. The van der Waals surface area contributed by atoms with Gasteiger partial charge in [-0.2, -0.15) is 0 Å². The van der Waals surface area contributed by atoms with E-state index in [4.69, 9.17) is 17.5 Å². The number of hydrogen-bond donors (Lipinski definition) is 0. The maximum atomic E-state index is 8.52. The van der Waals surface area contributed by atoms with Crippen molar-refractivity contribution in [3.05, 3.63) is 163 Å². The van der Waals surface area contributed by atoms with Crippen molar-refractivity contribution in [2.75, 3.05) is 22.9 Å². The van der Waals surface area contributed by atoms with Crippen molar-refractivity contribution in [3.63, 3.8) is 0 Å². The average Bonchev–Trinajstić information content (AvgIpc) is 4.04. The molecule has 2 aliphatic heterocycles. The standard InChI is InChI=1S/2C25H27N2Se2.H2O4S/c2*1-4-19-13-12-16-22-25(19)27(6-3)24(29-22)18-9-7-8-17-23-26(5-2)20-14-10-11-15-21(20)28-23;1-5(2,3)4/h2*7-18H,4-6H2,1-3H3;(H2,1,2,3,4)/q2*+1;/p-2. The minimum atomic E-state index is -5.17. The van der Waals surface area contributed by atoms with Gasteiger partial charge in [-0.05, 0) is 0 Å². The van der Waals surface area contributed by atoms with Gasteiger partial charge in [0.25, 0.3) is 0 Å². The number of aryl methyl sites for hydroxylation is 4. The second-order valence-electron chi connectivity index (χ2n) is 14.1. The van der Waals surface area contributed by atoms with Gasteiger partial charge in [-0.15, -0.1) is 0 Å². The van der Waals surface area contributed by atoms with Crippen LogP contribution in [-0.4, -0.2) is 89.5 Å². The van der Waals surface area contributed by atoms with Gasteiger partial charge in [-0.1, -0.05) is 0 Å². The van der Waals surface area contributed by atoms with Crippen LogP contribution < -0.4 is 27.9 Å². The fourth-order valence-electron chi connectivity index (χ4n) is 7.60. The van der Waals surface area contributed by atoms with E-state index in [0.29, 0.717) is 58.9 Å². The Bertz CT molecular complexity index is 2650. The molecule has 8 rings (SSSR count). The van der Waals surface area contributed by atoms with Crippen LogP contribution in [0.4, 0.5) is 11.4 Å². The fourth-order valence-corrected chi connectivity index (χ4v) is 17.4. The maximum absolute atomic E-state index is 8.52. The molecule has 63 heavy (non-hydrogen) atoms. The van der Waals surface area contributed by atoms with E-state index in [2.05, 4.69) is 206 Å². The second kappa shape index (κ2) is 23.4. The summed E-state index contributed by atoms with van der Waals surface area (Å²) in [6.45, 7) is 17.6. The van der Waals surface area contributed by atoms with Gasteiger partial charge in [0, 0.05) is 10.4 Å². The van der Waals surface area contributed by atoms with Crippen molar-refractivity contribution in [2.45, 2.75) is 67.5 Å². The Kier molecular flexibility index (Phi) is 18.1. The summed E-state index contributed by atoms with van der Waals surface area (Å²) < 4.78 is 50.9. The first kappa shape index (κ1) is 48.7. The number of anilines is 2. The smallest absolute Gasteiger partial charge is 0.0311 e. The average molecular weight is 1120 g/mol. The molecule has 0 saturated carbocycles. The Morgan fingerprint density at radius 1 is 0.540 bits per heavy atom. The molecule has 13 heteroatoms. The van der Waals surface area contributed by atoms with Crippen LogP contribution in [-0.2, 0) is 36.3 Å². The predicted octanol–water partition coefficient (Wildman–Crippen LogP) is 6.76. The zero-order chi connectivity index (χ0) is 44.9. The topological polar surface area (TPSA) is 94.5 Å². The van der Waals surface area contributed by atoms with Gasteiger partial charge in [0.05, 0.1) is 0 Å². The summed E-state index contributed by atoms with van der Waals surface area (Å²) in [5, 5.41) is 0. The predicted molar refractivity (Wildman–Crippen MR) is 265 cm³/mol. The number of nitrogens with zero attached hydrogens (tertiary/aromatic N) is 4. The Labute approximate surface area is 398 Å². The number of hydrogen-bond acceptors (Lipinski definition) is 6. The van der Waals surface area contributed by atoms with Gasteiger partial charge in [0.15, 0.2) is 0 Å². The van der Waals surface area contributed by atoms with Gasteiger partial charge >= 0.3 is 373 Å². The molecule has 0 bridgehead atoms. The van der Waals surface area contributed by atoms with E-state index in [1.807, 2.05) is 0 Å². The molecule has 0 spiro atoms. The van der Waals surface area contributed by atoms with Crippen LogP contribution in [0, 0.1) is 0 Å². The third-order valence-corrected chi connectivity index (χ3v) is 19.8. The SMILES string of the molecule is CCc1cccc2[se]c(C=CC=CC=C3[Se]c4ccccc4N3CC)[n+](CC)c12.CCc1cccc2[se]c(C=CC=CC=C3[Se]c4ccccc4N3CC)[n+](CC)c12.O=S(=O)([O-])[O-]. The van der Waals surface area contributed by atoms with Crippen LogP contribution in [0.1, 0.15) is 61.8 Å². The summed E-state index contributed by atoms with van der Waals surface area (Å²) in [7, 11) is -5.17. The largest absolute Gasteiger partial charge is 0.759 e. The van der Waals surface area contributed by atoms with Gasteiger partial charge in [0.1, 0.15) is 0 Å². The summed E-state index contributed by atoms with van der Waals surface area (Å²) in [6.07, 6.45) is 24.6. The first-order chi connectivity index (χ1) is 30.5. The molecule has 2 aromatic heterocycles. The van der Waals surface area contributed by atoms with Crippen molar-refractivity contribution in [1.82, 2.24) is 0 Å². The summed E-state index contributed by atoms with van der Waals surface area (Å²) in [5.41, 5.74) is 8.65. The van der Waals surface area contributed by atoms with E-state index in [1.54, 1.807) is 0 Å². The molecular formula is C50H54N4O4SSe4. The van der Waals surface area contributed by atoms with Crippen molar-refractivity contribution in [1.29, 1.82) is 0 Å². The molecule has 0 fully saturated rings. The molecule has 6 aromatic rings. The minimum absolute atomic E-state index is 0.397. The summed E-state index contributed by atoms with van der Waals surface area (Å²) >= 11 is 1.60. The number of allylic oxidation sites excluding steroid dienone is 8. The normalized spacial score (nSPS) is 15.1. The number of benzene rings is 4. The summed E-state index contributed by atoms with van der Waals surface area (Å²) in [4.78, 5) is 4.89. The van der Waals surface area contributed by atoms with Crippen LogP contribution in [0.25, 0.3) is 31.7 Å². The van der Waals surface area contributed by atoms with E-state index < -0.39 is 10.4 Å². The van der Waals surface area contributed by atoms with E-state index in [1.165, 1.54) is 69.3 Å². The van der Waals surface area contributed by atoms with Crippen molar-refractivity contribution in [3.8, 4) is 0 Å². The molecule has 2 aliphatic rings. The van der Waals surface area contributed by atoms with Crippen LogP contribution in [0.2, 0.25) is 0 Å². The Balaban J connectivity index is 0.000000190. The molecule has 0 atom stereocenters. The molecule has 0 radical (unpaired) electrons. The number of para-hydroxylation sites is 4. The first-order valence-electron chi connectivity index (χ1n) is 21.3. The third kappa shape index (κ3) is 12.3. The van der Waals surface area contributed by atoms with Crippen molar-refractivity contribution < 1.29 is 26.7 Å². The molecule has 0 aliphatic carbocycles. The van der Waals surface area contributed by atoms with Gasteiger partial charge < -0.3 is 9.11 Å². The Hall–Kier alpha value is -3.79. The van der Waals surface area contributed by atoms with E-state index >= 15 is 0 Å². The molecule has 4 aromatic carbocycles. The maximum Gasteiger partial charge on any atom is 0.0311 e. The summed E-state index contributed by atoms with van der Waals surface area (Å²) in [6, 6.07) is 31.2. The van der Waals surface area contributed by atoms with Crippen LogP contribution in [0.3, 0.4) is 0 Å². The Morgan fingerprint density at radius 2 is 0.937 bits per heavy atom. The summed E-state index contributed by atoms with van der Waals surface area (Å²) in [5.74, 6) is 0. The van der Waals surface area contributed by atoms with Crippen LogP contribution in [0.15, 0.2) is 143 Å². The monoisotopic (exact) mass is 1130 g/mol. The molecule has 8 nitrogen and oxygen atoms in total. The fraction of sp³-hybridized carbons (Fsp3) is 0.240. The molecule has 0 saturated heterocycles. The second-order valence-corrected chi connectivity index (χ2v) is 23.9. The molecule has 0 unspecified atom stereocenters. The van der Waals surface area contributed by atoms with Crippen LogP contribution >= 0.6 is 0 Å². The van der Waals surface area contributed by atoms with Crippen molar-refractivity contribution in [2.24, 2.45) is 0 Å². The van der Waals surface area contributed by atoms with E-state index in [9.17, 15) is 0 Å². The van der Waals surface area contributed by atoms with Crippen LogP contribution in [0.5, 0.6) is 0 Å². The zero-order valence-corrected chi connectivity index (χ0v) is 44.2. The van der Waals surface area contributed by atoms with E-state index in [-0.39, 0.29) is 0 Å². The minimum Gasteiger partial charge on any atom is -0.759 e. The third-order valence-electron chi connectivity index (χ3n) is 10.4. The van der Waals surface area contributed by atoms with Gasteiger partial charge in [-0.3, -0.25) is 8.42 Å². The first-order valence-corrected chi connectivity index (χ1v) is 29.5. The zero-order valence-electron chi connectivity index (χ0n) is 36.6. The molecule has 4 heterocycles. The van der Waals surface area contributed by atoms with Gasteiger partial charge in [-0.25, -0.2) is 0 Å². The van der Waals surface area contributed by atoms with Gasteiger partial charge in [0.2, 0.25) is 0 Å². The van der Waals surface area contributed by atoms with E-state index in [0.717, 1.165) is 39.0 Å². The number of fused-ring (bicyclic) bond motifs is 4. The number of rotatable bonds is 12. The molecule has 0 amide bonds. The molecular weight excluding hydrogens is 1070 g/mol. The van der Waals surface area contributed by atoms with Crippen molar-refractivity contribution >= 4 is 121 Å². The number of aromatic nitrogens is 2.